The number of nitrogens with zero attached hydrogens (tertiary/aromatic N) is 3. The molecule has 0 spiro atoms. The van der Waals surface area contributed by atoms with Crippen LogP contribution in [0.2, 0.25) is 0 Å². The van der Waals surface area contributed by atoms with Crippen molar-refractivity contribution >= 4 is 17.5 Å². The summed E-state index contributed by atoms with van der Waals surface area (Å²) in [6.07, 6.45) is 1.58. The smallest absolute Gasteiger partial charge is 0.260 e. The molecule has 8 heteroatoms. The van der Waals surface area contributed by atoms with Crippen LogP contribution >= 0.6 is 0 Å². The van der Waals surface area contributed by atoms with Crippen molar-refractivity contribution in [2.24, 2.45) is 5.92 Å². The second kappa shape index (κ2) is 14.1. The third-order valence-corrected chi connectivity index (χ3v) is 6.44. The Morgan fingerprint density at radius 1 is 0.973 bits per heavy atom. The highest BCUT2D eigenvalue weighted by Crippen LogP contribution is 2.25. The van der Waals surface area contributed by atoms with E-state index in [0.29, 0.717) is 36.0 Å². The van der Waals surface area contributed by atoms with Crippen LogP contribution in [0, 0.1) is 18.7 Å². The van der Waals surface area contributed by atoms with E-state index in [2.05, 4.69) is 18.7 Å². The molecule has 0 bridgehead atoms. The van der Waals surface area contributed by atoms with Gasteiger partial charge in [-0.05, 0) is 74.2 Å². The zero-order valence-corrected chi connectivity index (χ0v) is 22.5. The van der Waals surface area contributed by atoms with E-state index in [1.54, 1.807) is 15.9 Å². The van der Waals surface area contributed by atoms with E-state index < -0.39 is 5.82 Å². The first-order valence-electron chi connectivity index (χ1n) is 13.0. The summed E-state index contributed by atoms with van der Waals surface area (Å²) < 4.78 is 25.4. The van der Waals surface area contributed by atoms with Crippen molar-refractivity contribution in [3.05, 3.63) is 59.4 Å². The summed E-state index contributed by atoms with van der Waals surface area (Å²) in [6.45, 7) is 9.91. The first-order valence-corrected chi connectivity index (χ1v) is 13.0. The van der Waals surface area contributed by atoms with Gasteiger partial charge in [-0.2, -0.15) is 0 Å². The van der Waals surface area contributed by atoms with Gasteiger partial charge in [-0.1, -0.05) is 32.0 Å². The molecule has 37 heavy (non-hydrogen) atoms. The lowest BCUT2D eigenvalue weighted by Crippen LogP contribution is -2.41. The average Bonchev–Trinajstić information content (AvgIpc) is 2.84. The number of aryl methyl sites for hydroxylation is 1. The minimum Gasteiger partial charge on any atom is -0.484 e. The molecule has 3 rings (SSSR count). The topological polar surface area (TPSA) is 62.3 Å². The van der Waals surface area contributed by atoms with Crippen LogP contribution in [0.4, 0.5) is 10.1 Å². The molecule has 0 atom stereocenters. The molecule has 0 aromatic heterocycles. The number of benzene rings is 2. The van der Waals surface area contributed by atoms with Gasteiger partial charge in [-0.25, -0.2) is 4.39 Å². The van der Waals surface area contributed by atoms with Crippen molar-refractivity contribution in [3.8, 4) is 5.75 Å². The van der Waals surface area contributed by atoms with Gasteiger partial charge in [0, 0.05) is 39.0 Å². The first kappa shape index (κ1) is 28.6. The molecule has 2 amide bonds. The van der Waals surface area contributed by atoms with Crippen LogP contribution in [-0.2, 0) is 20.9 Å². The maximum absolute atomic E-state index is 14.4. The molecular formula is C29H40FN3O4. The molecule has 2 aromatic carbocycles. The lowest BCUT2D eigenvalue weighted by atomic mass is 10.1. The Labute approximate surface area is 220 Å². The predicted octanol–water partition coefficient (Wildman–Crippen LogP) is 4.27. The van der Waals surface area contributed by atoms with Crippen LogP contribution in [0.5, 0.6) is 5.75 Å². The van der Waals surface area contributed by atoms with Crippen LogP contribution in [0.1, 0.15) is 37.8 Å². The number of fused-ring (bicyclic) bond motifs is 1. The van der Waals surface area contributed by atoms with Gasteiger partial charge in [0.25, 0.3) is 11.8 Å². The van der Waals surface area contributed by atoms with E-state index in [1.807, 2.05) is 31.2 Å². The highest BCUT2D eigenvalue weighted by atomic mass is 19.1. The molecule has 0 fully saturated rings. The van der Waals surface area contributed by atoms with E-state index in [1.165, 1.54) is 19.2 Å². The molecular weight excluding hydrogens is 473 g/mol. The van der Waals surface area contributed by atoms with Crippen molar-refractivity contribution in [1.29, 1.82) is 0 Å². The zero-order valence-electron chi connectivity index (χ0n) is 22.5. The van der Waals surface area contributed by atoms with Crippen LogP contribution < -0.4 is 9.64 Å². The van der Waals surface area contributed by atoms with Crippen molar-refractivity contribution in [2.45, 2.75) is 40.2 Å². The number of hydrogen-bond donors (Lipinski definition) is 0. The molecule has 2 aromatic rings. The lowest BCUT2D eigenvalue weighted by molar-refractivity contribution is -0.134. The summed E-state index contributed by atoms with van der Waals surface area (Å²) in [5, 5.41) is 0. The van der Waals surface area contributed by atoms with Gasteiger partial charge in [0.15, 0.2) is 6.61 Å². The maximum Gasteiger partial charge on any atom is 0.260 e. The van der Waals surface area contributed by atoms with Gasteiger partial charge >= 0.3 is 0 Å². The molecule has 0 saturated heterocycles. The molecule has 0 aliphatic carbocycles. The third-order valence-electron chi connectivity index (χ3n) is 6.44. The van der Waals surface area contributed by atoms with Crippen molar-refractivity contribution in [2.75, 3.05) is 57.9 Å². The largest absolute Gasteiger partial charge is 0.484 e. The molecule has 1 aliphatic rings. The van der Waals surface area contributed by atoms with Gasteiger partial charge in [0.05, 0.1) is 0 Å². The standard InChI is InChI=1S/C29H40FN3O4/c1-22(2)18-31-13-7-15-32(28(34)21-37-27-10-6-5-9-23(27)3)19-24-17-25(30)11-12-26(24)33(16-8-14-31)29(35)20-36-4/h5-6,9-12,17,22H,7-8,13-16,18-21H2,1-4H3. The monoisotopic (exact) mass is 513 g/mol. The minimum atomic E-state index is -0.406. The van der Waals surface area contributed by atoms with Crippen molar-refractivity contribution in [1.82, 2.24) is 9.80 Å². The number of anilines is 1. The molecule has 1 heterocycles. The molecule has 7 nitrogen and oxygen atoms in total. The summed E-state index contributed by atoms with van der Waals surface area (Å²) in [5.41, 5.74) is 2.15. The van der Waals surface area contributed by atoms with Crippen molar-refractivity contribution in [3.63, 3.8) is 0 Å². The number of methoxy groups -OCH3 is 1. The first-order chi connectivity index (χ1) is 17.8. The third kappa shape index (κ3) is 8.54. The number of rotatable bonds is 7. The van der Waals surface area contributed by atoms with Crippen LogP contribution in [0.25, 0.3) is 0 Å². The fourth-order valence-corrected chi connectivity index (χ4v) is 4.72. The Hall–Kier alpha value is -2.97. The Morgan fingerprint density at radius 3 is 2.41 bits per heavy atom. The van der Waals surface area contributed by atoms with Crippen LogP contribution in [0.3, 0.4) is 0 Å². The van der Waals surface area contributed by atoms with Gasteiger partial charge < -0.3 is 24.2 Å². The van der Waals surface area contributed by atoms with E-state index in [4.69, 9.17) is 9.47 Å². The van der Waals surface area contributed by atoms with Crippen LogP contribution in [-0.4, -0.2) is 74.7 Å². The number of para-hydroxylation sites is 1. The van der Waals surface area contributed by atoms with E-state index >= 15 is 0 Å². The van der Waals surface area contributed by atoms with E-state index in [-0.39, 0.29) is 31.6 Å². The molecule has 0 saturated carbocycles. The summed E-state index contributed by atoms with van der Waals surface area (Å²) in [7, 11) is 1.49. The van der Waals surface area contributed by atoms with Gasteiger partial charge in [0.2, 0.25) is 0 Å². The molecule has 0 unspecified atom stereocenters. The molecule has 202 valence electrons. The summed E-state index contributed by atoms with van der Waals surface area (Å²) in [5.74, 6) is 0.389. The Bertz CT molecular complexity index is 1050. The highest BCUT2D eigenvalue weighted by Gasteiger charge is 2.24. The molecule has 0 radical (unpaired) electrons. The minimum absolute atomic E-state index is 0.0700. The van der Waals surface area contributed by atoms with Gasteiger partial charge in [-0.3, -0.25) is 9.59 Å². The van der Waals surface area contributed by atoms with Gasteiger partial charge in [0.1, 0.15) is 18.2 Å². The summed E-state index contributed by atoms with van der Waals surface area (Å²) in [6, 6.07) is 12.0. The molecule has 1 aliphatic heterocycles. The van der Waals surface area contributed by atoms with Crippen LogP contribution in [0.15, 0.2) is 42.5 Å². The van der Waals surface area contributed by atoms with Gasteiger partial charge in [-0.15, -0.1) is 0 Å². The van der Waals surface area contributed by atoms with E-state index in [0.717, 1.165) is 38.0 Å². The summed E-state index contributed by atoms with van der Waals surface area (Å²) >= 11 is 0. The second-order valence-corrected chi connectivity index (χ2v) is 10.0. The molecule has 0 N–H and O–H groups in total. The quantitative estimate of drug-likeness (QED) is 0.553. The SMILES string of the molecule is COCC(=O)N1CCCN(CC(C)C)CCCN(C(=O)COc2ccccc2C)Cc2cc(F)ccc21. The number of hydrogen-bond acceptors (Lipinski definition) is 5. The highest BCUT2D eigenvalue weighted by molar-refractivity contribution is 5.95. The summed E-state index contributed by atoms with van der Waals surface area (Å²) in [4.78, 5) is 32.2. The van der Waals surface area contributed by atoms with E-state index in [9.17, 15) is 14.0 Å². The number of amides is 2. The fourth-order valence-electron chi connectivity index (χ4n) is 4.72. The number of carbonyl (C=O) groups is 2. The normalized spacial score (nSPS) is 15.6. The zero-order chi connectivity index (χ0) is 26.8. The number of ether oxygens (including phenoxy) is 2. The number of carbonyl (C=O) groups excluding carboxylic acids is 2. The fraction of sp³-hybridized carbons (Fsp3) is 0.517. The Balaban J connectivity index is 1.90. The Kier molecular flexibility index (Phi) is 10.9. The average molecular weight is 514 g/mol. The lowest BCUT2D eigenvalue weighted by Gasteiger charge is -2.32. The second-order valence-electron chi connectivity index (χ2n) is 10.0. The van der Waals surface area contributed by atoms with Crippen molar-refractivity contribution < 1.29 is 23.5 Å². The Morgan fingerprint density at radius 2 is 1.70 bits per heavy atom. The maximum atomic E-state index is 14.4. The number of halogens is 1. The predicted molar refractivity (Wildman–Crippen MR) is 143 cm³/mol.